The SMILES string of the molecule is CCOc1cccc(C2/C(=C(/O)c3ccccc3)C(=O)C(=O)N2CCCOC)c1. The van der Waals surface area contributed by atoms with Crippen molar-refractivity contribution in [2.24, 2.45) is 0 Å². The number of ether oxygens (including phenoxy) is 2. The third-order valence-corrected chi connectivity index (χ3v) is 4.82. The predicted octanol–water partition coefficient (Wildman–Crippen LogP) is 3.54. The molecule has 1 amide bonds. The Labute approximate surface area is 170 Å². The summed E-state index contributed by atoms with van der Waals surface area (Å²) < 4.78 is 10.7. The minimum atomic E-state index is -0.688. The van der Waals surface area contributed by atoms with Crippen LogP contribution in [0.25, 0.3) is 5.76 Å². The summed E-state index contributed by atoms with van der Waals surface area (Å²) in [6.45, 7) is 3.20. The summed E-state index contributed by atoms with van der Waals surface area (Å²) in [6.07, 6.45) is 0.580. The first-order valence-corrected chi connectivity index (χ1v) is 9.64. The van der Waals surface area contributed by atoms with Crippen molar-refractivity contribution in [1.82, 2.24) is 4.90 Å². The second-order valence-corrected chi connectivity index (χ2v) is 6.71. The van der Waals surface area contributed by atoms with E-state index in [4.69, 9.17) is 9.47 Å². The lowest BCUT2D eigenvalue weighted by Gasteiger charge is -2.25. The summed E-state index contributed by atoms with van der Waals surface area (Å²) in [5.41, 5.74) is 1.30. The molecular formula is C23H25NO5. The highest BCUT2D eigenvalue weighted by Crippen LogP contribution is 2.40. The van der Waals surface area contributed by atoms with Gasteiger partial charge in [-0.3, -0.25) is 9.59 Å². The fourth-order valence-electron chi connectivity index (χ4n) is 3.53. The van der Waals surface area contributed by atoms with Crippen LogP contribution in [0.2, 0.25) is 0 Å². The molecule has 0 saturated carbocycles. The summed E-state index contributed by atoms with van der Waals surface area (Å²) >= 11 is 0. The van der Waals surface area contributed by atoms with E-state index in [1.165, 1.54) is 4.90 Å². The molecule has 0 bridgehead atoms. The van der Waals surface area contributed by atoms with Crippen molar-refractivity contribution in [3.63, 3.8) is 0 Å². The number of rotatable bonds is 8. The summed E-state index contributed by atoms with van der Waals surface area (Å²) in [4.78, 5) is 27.2. The number of benzene rings is 2. The number of Topliss-reactive ketones (excluding diaryl/α,β-unsaturated/α-hetero) is 1. The lowest BCUT2D eigenvalue weighted by atomic mass is 9.95. The van der Waals surface area contributed by atoms with Crippen LogP contribution in [0.5, 0.6) is 5.75 Å². The van der Waals surface area contributed by atoms with E-state index in [2.05, 4.69) is 0 Å². The number of carbonyl (C=O) groups excluding carboxylic acids is 2. The van der Waals surface area contributed by atoms with Gasteiger partial charge in [-0.25, -0.2) is 0 Å². The number of aliphatic hydroxyl groups is 1. The van der Waals surface area contributed by atoms with Gasteiger partial charge < -0.3 is 19.5 Å². The molecule has 6 heteroatoms. The molecule has 0 spiro atoms. The standard InChI is InChI=1S/C23H25NO5/c1-3-29-18-12-7-11-17(15-18)20-19(21(25)16-9-5-4-6-10-16)22(26)23(27)24(20)13-8-14-28-2/h4-7,9-12,15,20,25H,3,8,13-14H2,1-2H3/b21-19-. The maximum atomic E-state index is 12.9. The molecule has 1 unspecified atom stereocenters. The van der Waals surface area contributed by atoms with Gasteiger partial charge in [0.1, 0.15) is 11.5 Å². The number of likely N-dealkylation sites (tertiary alicyclic amines) is 1. The van der Waals surface area contributed by atoms with Crippen molar-refractivity contribution in [1.29, 1.82) is 0 Å². The largest absolute Gasteiger partial charge is 0.507 e. The molecule has 6 nitrogen and oxygen atoms in total. The van der Waals surface area contributed by atoms with Crippen molar-refractivity contribution < 1.29 is 24.2 Å². The first kappa shape index (κ1) is 20.6. The third kappa shape index (κ3) is 4.32. The van der Waals surface area contributed by atoms with Crippen LogP contribution in [0, 0.1) is 0 Å². The van der Waals surface area contributed by atoms with Crippen molar-refractivity contribution in [3.05, 3.63) is 71.3 Å². The van der Waals surface area contributed by atoms with Gasteiger partial charge in [-0.05, 0) is 31.0 Å². The molecule has 0 aromatic heterocycles. The number of ketones is 1. The van der Waals surface area contributed by atoms with Gasteiger partial charge in [0, 0.05) is 25.8 Å². The summed E-state index contributed by atoms with van der Waals surface area (Å²) in [5, 5.41) is 10.9. The molecule has 2 aromatic carbocycles. The lowest BCUT2D eigenvalue weighted by Crippen LogP contribution is -2.31. The Morgan fingerprint density at radius 1 is 1.10 bits per heavy atom. The lowest BCUT2D eigenvalue weighted by molar-refractivity contribution is -0.140. The number of aliphatic hydroxyl groups excluding tert-OH is 1. The van der Waals surface area contributed by atoms with Crippen LogP contribution in [0.4, 0.5) is 0 Å². The molecular weight excluding hydrogens is 370 g/mol. The van der Waals surface area contributed by atoms with E-state index in [1.54, 1.807) is 31.4 Å². The van der Waals surface area contributed by atoms with E-state index in [9.17, 15) is 14.7 Å². The highest BCUT2D eigenvalue weighted by atomic mass is 16.5. The first-order valence-electron chi connectivity index (χ1n) is 9.64. The number of hydrogen-bond acceptors (Lipinski definition) is 5. The highest BCUT2D eigenvalue weighted by molar-refractivity contribution is 6.46. The molecule has 1 N–H and O–H groups in total. The Morgan fingerprint density at radius 3 is 2.55 bits per heavy atom. The second-order valence-electron chi connectivity index (χ2n) is 6.71. The minimum absolute atomic E-state index is 0.0901. The summed E-state index contributed by atoms with van der Waals surface area (Å²) in [7, 11) is 1.59. The van der Waals surface area contributed by atoms with Gasteiger partial charge in [-0.2, -0.15) is 0 Å². The number of nitrogens with zero attached hydrogens (tertiary/aromatic N) is 1. The Morgan fingerprint density at radius 2 is 1.86 bits per heavy atom. The average Bonchev–Trinajstić information content (AvgIpc) is 2.99. The van der Waals surface area contributed by atoms with Gasteiger partial charge in [0.2, 0.25) is 0 Å². The molecule has 1 fully saturated rings. The molecule has 0 aliphatic carbocycles. The van der Waals surface area contributed by atoms with E-state index in [0.29, 0.717) is 43.1 Å². The van der Waals surface area contributed by atoms with Crippen LogP contribution >= 0.6 is 0 Å². The van der Waals surface area contributed by atoms with E-state index in [-0.39, 0.29) is 11.3 Å². The van der Waals surface area contributed by atoms with Crippen molar-refractivity contribution >= 4 is 17.4 Å². The molecule has 1 aliphatic heterocycles. The molecule has 3 rings (SSSR count). The van der Waals surface area contributed by atoms with Crippen molar-refractivity contribution in [3.8, 4) is 5.75 Å². The average molecular weight is 395 g/mol. The zero-order chi connectivity index (χ0) is 20.8. The monoisotopic (exact) mass is 395 g/mol. The maximum absolute atomic E-state index is 12.9. The number of amides is 1. The Bertz CT molecular complexity index is 906. The van der Waals surface area contributed by atoms with Gasteiger partial charge in [0.25, 0.3) is 11.7 Å². The van der Waals surface area contributed by atoms with E-state index in [1.807, 2.05) is 37.3 Å². The summed E-state index contributed by atoms with van der Waals surface area (Å²) in [6, 6.07) is 15.4. The zero-order valence-electron chi connectivity index (χ0n) is 16.6. The number of carbonyl (C=O) groups is 2. The highest BCUT2D eigenvalue weighted by Gasteiger charge is 2.45. The molecule has 1 atom stereocenters. The van der Waals surface area contributed by atoms with Gasteiger partial charge in [-0.1, -0.05) is 42.5 Å². The van der Waals surface area contributed by atoms with Crippen LogP contribution < -0.4 is 4.74 Å². The van der Waals surface area contributed by atoms with E-state index in [0.717, 1.165) is 0 Å². The molecule has 1 heterocycles. The fraction of sp³-hybridized carbons (Fsp3) is 0.304. The van der Waals surface area contributed by atoms with Crippen LogP contribution in [0.1, 0.15) is 30.5 Å². The Hall–Kier alpha value is -3.12. The number of methoxy groups -OCH3 is 1. The second kappa shape index (κ2) is 9.39. The third-order valence-electron chi connectivity index (χ3n) is 4.82. The topological polar surface area (TPSA) is 76.1 Å². The molecule has 1 aliphatic rings. The van der Waals surface area contributed by atoms with Gasteiger partial charge >= 0.3 is 0 Å². The number of hydrogen-bond donors (Lipinski definition) is 1. The van der Waals surface area contributed by atoms with Crippen LogP contribution in [-0.2, 0) is 14.3 Å². The molecule has 2 aromatic rings. The van der Waals surface area contributed by atoms with Crippen molar-refractivity contribution in [2.75, 3.05) is 26.9 Å². The normalized spacial score (nSPS) is 18.3. The quantitative estimate of drug-likeness (QED) is 0.320. The Balaban J connectivity index is 2.11. The fourth-order valence-corrected chi connectivity index (χ4v) is 3.53. The minimum Gasteiger partial charge on any atom is -0.507 e. The molecule has 0 radical (unpaired) electrons. The zero-order valence-corrected chi connectivity index (χ0v) is 16.6. The molecule has 1 saturated heterocycles. The van der Waals surface area contributed by atoms with Gasteiger partial charge in [0.05, 0.1) is 18.2 Å². The molecule has 29 heavy (non-hydrogen) atoms. The van der Waals surface area contributed by atoms with E-state index >= 15 is 0 Å². The van der Waals surface area contributed by atoms with Crippen LogP contribution in [-0.4, -0.2) is 48.6 Å². The maximum Gasteiger partial charge on any atom is 0.295 e. The van der Waals surface area contributed by atoms with Gasteiger partial charge in [0.15, 0.2) is 0 Å². The van der Waals surface area contributed by atoms with E-state index < -0.39 is 17.7 Å². The van der Waals surface area contributed by atoms with Crippen LogP contribution in [0.15, 0.2) is 60.2 Å². The van der Waals surface area contributed by atoms with Gasteiger partial charge in [-0.15, -0.1) is 0 Å². The molecule has 152 valence electrons. The Kier molecular flexibility index (Phi) is 6.67. The van der Waals surface area contributed by atoms with Crippen molar-refractivity contribution in [2.45, 2.75) is 19.4 Å². The summed E-state index contributed by atoms with van der Waals surface area (Å²) in [5.74, 6) is -0.835. The first-order chi connectivity index (χ1) is 14.1. The van der Waals surface area contributed by atoms with Crippen LogP contribution in [0.3, 0.4) is 0 Å². The predicted molar refractivity (Wildman–Crippen MR) is 110 cm³/mol. The smallest absolute Gasteiger partial charge is 0.295 e.